The highest BCUT2D eigenvalue weighted by Gasteiger charge is 2.48. The van der Waals surface area contributed by atoms with Crippen molar-refractivity contribution in [2.45, 2.75) is 31.7 Å². The number of carbonyl (C=O) groups is 2. The number of ether oxygens (including phenoxy) is 3. The first-order valence-corrected chi connectivity index (χ1v) is 11.3. The van der Waals surface area contributed by atoms with Crippen LogP contribution in [0.25, 0.3) is 0 Å². The lowest BCUT2D eigenvalue weighted by atomic mass is 9.82. The average molecular weight is 455 g/mol. The molecule has 0 radical (unpaired) electrons. The van der Waals surface area contributed by atoms with E-state index in [2.05, 4.69) is 12.2 Å². The minimum atomic E-state index is -0.896. The monoisotopic (exact) mass is 454 g/mol. The molecule has 8 nitrogen and oxygen atoms in total. The molecule has 176 valence electrons. The highest BCUT2D eigenvalue weighted by molar-refractivity contribution is 5.79. The maximum atomic E-state index is 12.7. The number of hydrogen-bond donors (Lipinski definition) is 2. The molecule has 1 saturated heterocycles. The molecule has 2 aliphatic heterocycles. The van der Waals surface area contributed by atoms with Gasteiger partial charge >= 0.3 is 5.97 Å². The number of benzene rings is 2. The number of hydrogen-bond acceptors (Lipinski definition) is 6. The first kappa shape index (κ1) is 22.9. The standard InChI is InChI=1S/C25H30N2O6/c1-3-4-11-26-22(28)14-27-13-19(17-7-10-20-21(12-17)33-15-32-20)23(25(29)30)24(27)16-5-8-18(31-2)9-6-16/h5-10,12,19,23-24H,3-4,11,13-15H2,1-2H3,(H,26,28)(H,29,30). The molecule has 0 bridgehead atoms. The van der Waals surface area contributed by atoms with Crippen molar-refractivity contribution in [3.63, 3.8) is 0 Å². The largest absolute Gasteiger partial charge is 0.497 e. The van der Waals surface area contributed by atoms with E-state index in [4.69, 9.17) is 14.2 Å². The summed E-state index contributed by atoms with van der Waals surface area (Å²) in [6.45, 7) is 3.41. The van der Waals surface area contributed by atoms with Gasteiger partial charge in [-0.1, -0.05) is 31.5 Å². The van der Waals surface area contributed by atoms with E-state index in [1.54, 1.807) is 7.11 Å². The number of fused-ring (bicyclic) bond motifs is 1. The molecular weight excluding hydrogens is 424 g/mol. The van der Waals surface area contributed by atoms with Crippen LogP contribution in [0.3, 0.4) is 0 Å². The highest BCUT2D eigenvalue weighted by atomic mass is 16.7. The van der Waals surface area contributed by atoms with Gasteiger partial charge in [-0.2, -0.15) is 0 Å². The molecule has 0 saturated carbocycles. The van der Waals surface area contributed by atoms with Crippen molar-refractivity contribution in [3.8, 4) is 17.2 Å². The summed E-state index contributed by atoms with van der Waals surface area (Å²) < 4.78 is 16.2. The summed E-state index contributed by atoms with van der Waals surface area (Å²) in [6.07, 6.45) is 1.90. The van der Waals surface area contributed by atoms with Gasteiger partial charge in [-0.15, -0.1) is 0 Å². The van der Waals surface area contributed by atoms with Crippen LogP contribution in [-0.2, 0) is 9.59 Å². The van der Waals surface area contributed by atoms with Gasteiger partial charge < -0.3 is 24.6 Å². The number of carboxylic acids is 1. The number of likely N-dealkylation sites (tertiary alicyclic amines) is 1. The molecule has 0 aliphatic carbocycles. The maximum absolute atomic E-state index is 12.7. The van der Waals surface area contributed by atoms with Gasteiger partial charge in [0.1, 0.15) is 5.75 Å². The molecule has 3 unspecified atom stereocenters. The number of carboxylic acid groups (broad SMARTS) is 1. The highest BCUT2D eigenvalue weighted by Crippen LogP contribution is 2.47. The van der Waals surface area contributed by atoms with Crippen molar-refractivity contribution in [2.75, 3.05) is 33.5 Å². The van der Waals surface area contributed by atoms with Crippen molar-refractivity contribution in [1.29, 1.82) is 0 Å². The van der Waals surface area contributed by atoms with Gasteiger partial charge in [0, 0.05) is 25.0 Å². The lowest BCUT2D eigenvalue weighted by molar-refractivity contribution is -0.143. The number of unbranched alkanes of at least 4 members (excludes halogenated alkanes) is 1. The third-order valence-corrected chi connectivity index (χ3v) is 6.36. The first-order valence-electron chi connectivity index (χ1n) is 11.3. The first-order chi connectivity index (χ1) is 16.0. The summed E-state index contributed by atoms with van der Waals surface area (Å²) in [7, 11) is 1.59. The molecule has 1 amide bonds. The van der Waals surface area contributed by atoms with Crippen LogP contribution in [0.4, 0.5) is 0 Å². The number of rotatable bonds is 9. The van der Waals surface area contributed by atoms with E-state index < -0.39 is 17.9 Å². The SMILES string of the molecule is CCCCNC(=O)CN1CC(c2ccc3c(c2)OCO3)C(C(=O)O)C1c1ccc(OC)cc1. The molecule has 2 aromatic rings. The summed E-state index contributed by atoms with van der Waals surface area (Å²) in [5.74, 6) is -0.0738. The Hall–Kier alpha value is -3.26. The van der Waals surface area contributed by atoms with E-state index >= 15 is 0 Å². The van der Waals surface area contributed by atoms with E-state index in [0.717, 1.165) is 24.0 Å². The summed E-state index contributed by atoms with van der Waals surface area (Å²) in [4.78, 5) is 27.2. The van der Waals surface area contributed by atoms with Crippen LogP contribution in [0.1, 0.15) is 42.9 Å². The van der Waals surface area contributed by atoms with Crippen molar-refractivity contribution < 1.29 is 28.9 Å². The van der Waals surface area contributed by atoms with E-state index in [1.807, 2.05) is 47.4 Å². The van der Waals surface area contributed by atoms with Gasteiger partial charge in [0.2, 0.25) is 12.7 Å². The third kappa shape index (κ3) is 4.90. The van der Waals surface area contributed by atoms with Crippen LogP contribution in [0.15, 0.2) is 42.5 Å². The molecule has 2 aromatic carbocycles. The van der Waals surface area contributed by atoms with Gasteiger partial charge in [0.05, 0.1) is 19.6 Å². The zero-order valence-electron chi connectivity index (χ0n) is 19.0. The molecule has 1 fully saturated rings. The van der Waals surface area contributed by atoms with Gasteiger partial charge in [-0.3, -0.25) is 14.5 Å². The number of aliphatic carboxylic acids is 1. The Balaban J connectivity index is 1.66. The van der Waals surface area contributed by atoms with Crippen LogP contribution in [-0.4, -0.2) is 55.4 Å². The molecule has 3 atom stereocenters. The fourth-order valence-electron chi connectivity index (χ4n) is 4.72. The molecule has 2 heterocycles. The second kappa shape index (κ2) is 10.1. The lowest BCUT2D eigenvalue weighted by Crippen LogP contribution is -2.38. The van der Waals surface area contributed by atoms with Crippen LogP contribution in [0.5, 0.6) is 17.2 Å². The van der Waals surface area contributed by atoms with Crippen molar-refractivity contribution >= 4 is 11.9 Å². The van der Waals surface area contributed by atoms with Crippen molar-refractivity contribution in [3.05, 3.63) is 53.6 Å². The predicted molar refractivity (Wildman–Crippen MR) is 122 cm³/mol. The number of methoxy groups -OCH3 is 1. The number of nitrogens with zero attached hydrogens (tertiary/aromatic N) is 1. The van der Waals surface area contributed by atoms with E-state index in [0.29, 0.717) is 30.3 Å². The fourth-order valence-corrected chi connectivity index (χ4v) is 4.72. The summed E-state index contributed by atoms with van der Waals surface area (Å²) in [5.41, 5.74) is 1.70. The van der Waals surface area contributed by atoms with Gasteiger partial charge in [-0.05, 0) is 41.8 Å². The molecule has 2 N–H and O–H groups in total. The van der Waals surface area contributed by atoms with Crippen LogP contribution < -0.4 is 19.5 Å². The number of amides is 1. The Morgan fingerprint density at radius 3 is 2.55 bits per heavy atom. The van der Waals surface area contributed by atoms with Crippen LogP contribution in [0.2, 0.25) is 0 Å². The Morgan fingerprint density at radius 1 is 1.12 bits per heavy atom. The summed E-state index contributed by atoms with van der Waals surface area (Å²) >= 11 is 0. The molecule has 4 rings (SSSR count). The quantitative estimate of drug-likeness (QED) is 0.562. The molecule has 2 aliphatic rings. The Bertz CT molecular complexity index is 993. The zero-order valence-corrected chi connectivity index (χ0v) is 19.0. The molecule has 8 heteroatoms. The molecule has 0 spiro atoms. The van der Waals surface area contributed by atoms with Crippen LogP contribution >= 0.6 is 0 Å². The molecule has 33 heavy (non-hydrogen) atoms. The van der Waals surface area contributed by atoms with E-state index in [1.165, 1.54) is 0 Å². The smallest absolute Gasteiger partial charge is 0.309 e. The predicted octanol–water partition coefficient (Wildman–Crippen LogP) is 3.18. The minimum absolute atomic E-state index is 0.0996. The van der Waals surface area contributed by atoms with Crippen molar-refractivity contribution in [2.24, 2.45) is 5.92 Å². The van der Waals surface area contributed by atoms with Crippen LogP contribution in [0, 0.1) is 5.92 Å². The Labute approximate surface area is 193 Å². The molecule has 0 aromatic heterocycles. The van der Waals surface area contributed by atoms with E-state index in [9.17, 15) is 14.7 Å². The zero-order chi connectivity index (χ0) is 23.4. The number of nitrogens with one attached hydrogen (secondary N) is 1. The minimum Gasteiger partial charge on any atom is -0.497 e. The molecular formula is C25H30N2O6. The van der Waals surface area contributed by atoms with Gasteiger partial charge in [-0.25, -0.2) is 0 Å². The van der Waals surface area contributed by atoms with Crippen molar-refractivity contribution in [1.82, 2.24) is 10.2 Å². The second-order valence-electron chi connectivity index (χ2n) is 8.43. The van der Waals surface area contributed by atoms with Gasteiger partial charge in [0.25, 0.3) is 0 Å². The fraction of sp³-hybridized carbons (Fsp3) is 0.440. The van der Waals surface area contributed by atoms with E-state index in [-0.39, 0.29) is 25.2 Å². The lowest BCUT2D eigenvalue weighted by Gasteiger charge is -2.27. The normalized spacial score (nSPS) is 21.7. The Morgan fingerprint density at radius 2 is 1.85 bits per heavy atom. The number of carbonyl (C=O) groups excluding carboxylic acids is 1. The maximum Gasteiger partial charge on any atom is 0.309 e. The second-order valence-corrected chi connectivity index (χ2v) is 8.43. The average Bonchev–Trinajstić information content (AvgIpc) is 3.43. The Kier molecular flexibility index (Phi) is 7.03. The topological polar surface area (TPSA) is 97.3 Å². The third-order valence-electron chi connectivity index (χ3n) is 6.36. The summed E-state index contributed by atoms with van der Waals surface area (Å²) in [5, 5.41) is 13.2. The summed E-state index contributed by atoms with van der Waals surface area (Å²) in [6, 6.07) is 12.5. The van der Waals surface area contributed by atoms with Gasteiger partial charge in [0.15, 0.2) is 11.5 Å².